The Morgan fingerprint density at radius 2 is 1.89 bits per heavy atom. The number of hydrogen-bond donors (Lipinski definition) is 1. The summed E-state index contributed by atoms with van der Waals surface area (Å²) in [4.78, 5) is 11.3. The number of methoxy groups -OCH3 is 1. The number of carbonyl (C=O) groups excluding carboxylic acids is 1. The van der Waals surface area contributed by atoms with Crippen molar-refractivity contribution in [1.29, 1.82) is 0 Å². The molecule has 0 saturated heterocycles. The first-order valence-electron chi connectivity index (χ1n) is 7.59. The Hall–Kier alpha value is -0.830. The van der Waals surface area contributed by atoms with Gasteiger partial charge in [-0.05, 0) is 25.3 Å². The quantitative estimate of drug-likeness (QED) is 0.353. The number of ether oxygens (including phenoxy) is 1. The fraction of sp³-hybridized carbons (Fsp3) is 0.812. The van der Waals surface area contributed by atoms with Crippen LogP contribution < -0.4 is 5.32 Å². The van der Waals surface area contributed by atoms with Crippen LogP contribution in [0.1, 0.15) is 59.3 Å². The van der Waals surface area contributed by atoms with Gasteiger partial charge >= 0.3 is 5.97 Å². The second kappa shape index (κ2) is 12.2. The lowest BCUT2D eigenvalue weighted by Gasteiger charge is -2.05. The molecular weight excluding hydrogens is 238 g/mol. The van der Waals surface area contributed by atoms with E-state index in [1.807, 2.05) is 13.0 Å². The Labute approximate surface area is 118 Å². The molecule has 1 N–H and O–H groups in total. The molecule has 0 atom stereocenters. The number of carbonyl (C=O) groups is 1. The lowest BCUT2D eigenvalue weighted by atomic mass is 10.0. The summed E-state index contributed by atoms with van der Waals surface area (Å²) in [7, 11) is 1.43. The van der Waals surface area contributed by atoms with Crippen molar-refractivity contribution in [2.24, 2.45) is 5.92 Å². The fourth-order valence-electron chi connectivity index (χ4n) is 1.96. The van der Waals surface area contributed by atoms with Crippen molar-refractivity contribution >= 4 is 5.97 Å². The van der Waals surface area contributed by atoms with E-state index >= 15 is 0 Å². The van der Waals surface area contributed by atoms with Crippen LogP contribution in [0.25, 0.3) is 0 Å². The molecule has 19 heavy (non-hydrogen) atoms. The maximum atomic E-state index is 11.3. The van der Waals surface area contributed by atoms with E-state index < -0.39 is 0 Å². The Morgan fingerprint density at radius 1 is 1.21 bits per heavy atom. The van der Waals surface area contributed by atoms with Gasteiger partial charge in [-0.3, -0.25) is 0 Å². The summed E-state index contributed by atoms with van der Waals surface area (Å²) in [5.41, 5.74) is 0.756. The average Bonchev–Trinajstić information content (AvgIpc) is 2.40. The molecule has 3 heteroatoms. The number of unbranched alkanes of at least 4 members (excludes halogenated alkanes) is 3. The second-order valence-corrected chi connectivity index (χ2v) is 5.38. The molecule has 0 aliphatic heterocycles. The summed E-state index contributed by atoms with van der Waals surface area (Å²) in [5.74, 6) is 0.618. The molecule has 112 valence electrons. The predicted molar refractivity (Wildman–Crippen MR) is 81.2 cm³/mol. The van der Waals surface area contributed by atoms with Crippen molar-refractivity contribution < 1.29 is 9.53 Å². The van der Waals surface area contributed by atoms with Crippen molar-refractivity contribution in [3.63, 3.8) is 0 Å². The highest BCUT2D eigenvalue weighted by Crippen LogP contribution is 2.09. The van der Waals surface area contributed by atoms with Crippen LogP contribution in [0.4, 0.5) is 0 Å². The molecule has 0 saturated carbocycles. The Balaban J connectivity index is 3.48. The molecule has 0 aliphatic rings. The van der Waals surface area contributed by atoms with Crippen LogP contribution in [0.5, 0.6) is 0 Å². The van der Waals surface area contributed by atoms with E-state index in [0.717, 1.165) is 31.0 Å². The van der Waals surface area contributed by atoms with E-state index in [-0.39, 0.29) is 5.97 Å². The van der Waals surface area contributed by atoms with Gasteiger partial charge in [0.05, 0.1) is 7.11 Å². The van der Waals surface area contributed by atoms with Crippen LogP contribution in [-0.4, -0.2) is 26.2 Å². The molecule has 0 bridgehead atoms. The Kier molecular flexibility index (Phi) is 11.7. The number of nitrogens with one attached hydrogen (secondary N) is 1. The molecule has 0 aromatic rings. The zero-order valence-electron chi connectivity index (χ0n) is 13.1. The average molecular weight is 269 g/mol. The highest BCUT2D eigenvalue weighted by molar-refractivity contribution is 5.88. The highest BCUT2D eigenvalue weighted by atomic mass is 16.5. The summed E-state index contributed by atoms with van der Waals surface area (Å²) in [6.45, 7) is 8.30. The first-order chi connectivity index (χ1) is 9.11. The van der Waals surface area contributed by atoms with Gasteiger partial charge in [-0.1, -0.05) is 52.5 Å². The molecule has 0 aliphatic carbocycles. The maximum absolute atomic E-state index is 11.3. The van der Waals surface area contributed by atoms with E-state index in [4.69, 9.17) is 4.74 Å². The van der Waals surface area contributed by atoms with E-state index in [1.54, 1.807) is 0 Å². The molecule has 0 aromatic carbocycles. The minimum absolute atomic E-state index is 0.210. The third kappa shape index (κ3) is 10.8. The van der Waals surface area contributed by atoms with Crippen molar-refractivity contribution in [2.75, 3.05) is 20.2 Å². The minimum atomic E-state index is -0.210. The summed E-state index contributed by atoms with van der Waals surface area (Å²) in [5, 5.41) is 3.34. The summed E-state index contributed by atoms with van der Waals surface area (Å²) in [6.07, 6.45) is 9.19. The molecule has 0 spiro atoms. The standard InChI is InChI=1S/C16H31NO2/c1-5-15(16(18)19-4)11-13-17-12-9-7-6-8-10-14(2)3/h11,14,17H,5-10,12-13H2,1-4H3. The third-order valence-electron chi connectivity index (χ3n) is 3.21. The van der Waals surface area contributed by atoms with E-state index in [2.05, 4.69) is 19.2 Å². The van der Waals surface area contributed by atoms with Crippen LogP contribution in [0.3, 0.4) is 0 Å². The molecule has 0 rings (SSSR count). The lowest BCUT2D eigenvalue weighted by Crippen LogP contribution is -2.16. The van der Waals surface area contributed by atoms with Gasteiger partial charge in [0.25, 0.3) is 0 Å². The SMILES string of the molecule is CCC(=CCNCCCCCCC(C)C)C(=O)OC. The first kappa shape index (κ1) is 18.2. The summed E-state index contributed by atoms with van der Waals surface area (Å²) < 4.78 is 4.71. The van der Waals surface area contributed by atoms with Crippen molar-refractivity contribution in [1.82, 2.24) is 5.32 Å². The van der Waals surface area contributed by atoms with Gasteiger partial charge in [0.2, 0.25) is 0 Å². The van der Waals surface area contributed by atoms with Gasteiger partial charge in [0, 0.05) is 12.1 Å². The minimum Gasteiger partial charge on any atom is -0.466 e. The normalized spacial score (nSPS) is 11.9. The van der Waals surface area contributed by atoms with E-state index in [0.29, 0.717) is 0 Å². The monoisotopic (exact) mass is 269 g/mol. The molecule has 0 radical (unpaired) electrons. The van der Waals surface area contributed by atoms with Gasteiger partial charge in [0.15, 0.2) is 0 Å². The van der Waals surface area contributed by atoms with E-state index in [9.17, 15) is 4.79 Å². The van der Waals surface area contributed by atoms with Crippen molar-refractivity contribution in [3.8, 4) is 0 Å². The van der Waals surface area contributed by atoms with Gasteiger partial charge < -0.3 is 10.1 Å². The molecular formula is C16H31NO2. The number of hydrogen-bond acceptors (Lipinski definition) is 3. The fourth-order valence-corrected chi connectivity index (χ4v) is 1.96. The van der Waals surface area contributed by atoms with Crippen LogP contribution in [0, 0.1) is 5.92 Å². The van der Waals surface area contributed by atoms with Crippen LogP contribution in [0.15, 0.2) is 11.6 Å². The molecule has 0 heterocycles. The summed E-state index contributed by atoms with van der Waals surface area (Å²) >= 11 is 0. The van der Waals surface area contributed by atoms with Crippen LogP contribution in [0.2, 0.25) is 0 Å². The van der Waals surface area contributed by atoms with Crippen molar-refractivity contribution in [2.45, 2.75) is 59.3 Å². The first-order valence-corrected chi connectivity index (χ1v) is 7.59. The molecule has 0 fully saturated rings. The third-order valence-corrected chi connectivity index (χ3v) is 3.21. The van der Waals surface area contributed by atoms with Crippen LogP contribution >= 0.6 is 0 Å². The highest BCUT2D eigenvalue weighted by Gasteiger charge is 2.05. The largest absolute Gasteiger partial charge is 0.466 e. The predicted octanol–water partition coefficient (Wildman–Crippen LogP) is 3.69. The smallest absolute Gasteiger partial charge is 0.333 e. The molecule has 0 unspecified atom stereocenters. The molecule has 0 amide bonds. The van der Waals surface area contributed by atoms with E-state index in [1.165, 1.54) is 39.2 Å². The van der Waals surface area contributed by atoms with Gasteiger partial charge in [-0.15, -0.1) is 0 Å². The zero-order valence-corrected chi connectivity index (χ0v) is 13.1. The topological polar surface area (TPSA) is 38.3 Å². The van der Waals surface area contributed by atoms with Crippen LogP contribution in [-0.2, 0) is 9.53 Å². The second-order valence-electron chi connectivity index (χ2n) is 5.38. The molecule has 0 aromatic heterocycles. The van der Waals surface area contributed by atoms with Gasteiger partial charge in [-0.2, -0.15) is 0 Å². The maximum Gasteiger partial charge on any atom is 0.333 e. The number of esters is 1. The molecule has 3 nitrogen and oxygen atoms in total. The Bertz CT molecular complexity index is 259. The van der Waals surface area contributed by atoms with Crippen molar-refractivity contribution in [3.05, 3.63) is 11.6 Å². The van der Waals surface area contributed by atoms with Gasteiger partial charge in [0.1, 0.15) is 0 Å². The zero-order chi connectivity index (χ0) is 14.5. The number of rotatable bonds is 11. The van der Waals surface area contributed by atoms with Gasteiger partial charge in [-0.25, -0.2) is 4.79 Å². The summed E-state index contributed by atoms with van der Waals surface area (Å²) in [6, 6.07) is 0. The lowest BCUT2D eigenvalue weighted by molar-refractivity contribution is -0.136. The Morgan fingerprint density at radius 3 is 2.47 bits per heavy atom.